The van der Waals surface area contributed by atoms with Gasteiger partial charge in [-0.2, -0.15) is 0 Å². The predicted molar refractivity (Wildman–Crippen MR) is 131 cm³/mol. The SMILES string of the molecule is CC(C)(C)OC(=O)N1CCC(c2nc3c(N)nc4cc(-c5ccccc5)ccc4c3[nH]2)CC1. The molecule has 0 spiro atoms. The van der Waals surface area contributed by atoms with Crippen LogP contribution in [-0.2, 0) is 4.74 Å². The number of nitrogens with zero attached hydrogens (tertiary/aromatic N) is 3. The highest BCUT2D eigenvalue weighted by atomic mass is 16.6. The quantitative estimate of drug-likeness (QED) is 0.428. The number of hydrogen-bond acceptors (Lipinski definition) is 5. The lowest BCUT2D eigenvalue weighted by Crippen LogP contribution is -2.41. The number of amides is 1. The molecule has 0 saturated carbocycles. The Morgan fingerprint density at radius 1 is 1.06 bits per heavy atom. The van der Waals surface area contributed by atoms with Crippen molar-refractivity contribution in [2.75, 3.05) is 18.8 Å². The Morgan fingerprint density at radius 2 is 1.79 bits per heavy atom. The Morgan fingerprint density at radius 3 is 2.48 bits per heavy atom. The van der Waals surface area contributed by atoms with Crippen molar-refractivity contribution in [3.8, 4) is 11.1 Å². The number of anilines is 1. The maximum absolute atomic E-state index is 12.4. The van der Waals surface area contributed by atoms with Crippen molar-refractivity contribution >= 4 is 33.8 Å². The van der Waals surface area contributed by atoms with Crippen LogP contribution in [0.25, 0.3) is 33.1 Å². The standard InChI is InChI=1S/C26H29N5O2/c1-26(2,3)33-25(32)31-13-11-17(12-14-31)24-29-21-19-10-9-18(16-7-5-4-6-8-16)15-20(19)28-23(27)22(21)30-24/h4-10,15,17H,11-14H2,1-3H3,(H2,27,28)(H,29,30). The summed E-state index contributed by atoms with van der Waals surface area (Å²) >= 11 is 0. The van der Waals surface area contributed by atoms with E-state index in [0.717, 1.165) is 46.2 Å². The van der Waals surface area contributed by atoms with Gasteiger partial charge in [-0.05, 0) is 50.8 Å². The Kier molecular flexibility index (Phi) is 5.19. The summed E-state index contributed by atoms with van der Waals surface area (Å²) in [6, 6.07) is 16.5. The lowest BCUT2D eigenvalue weighted by atomic mass is 9.96. The van der Waals surface area contributed by atoms with E-state index in [1.54, 1.807) is 4.90 Å². The summed E-state index contributed by atoms with van der Waals surface area (Å²) in [7, 11) is 0. The lowest BCUT2D eigenvalue weighted by molar-refractivity contribution is 0.0203. The second-order valence-electron chi connectivity index (χ2n) is 9.68. The number of carbonyl (C=O) groups is 1. The number of ether oxygens (including phenoxy) is 1. The van der Waals surface area contributed by atoms with Gasteiger partial charge in [0.05, 0.1) is 11.0 Å². The van der Waals surface area contributed by atoms with E-state index >= 15 is 0 Å². The zero-order chi connectivity index (χ0) is 23.2. The van der Waals surface area contributed by atoms with Crippen LogP contribution in [0, 0.1) is 0 Å². The Bertz CT molecular complexity index is 1320. The number of aromatic amines is 1. The molecule has 4 aromatic rings. The van der Waals surface area contributed by atoms with Gasteiger partial charge in [-0.15, -0.1) is 0 Å². The molecule has 33 heavy (non-hydrogen) atoms. The van der Waals surface area contributed by atoms with Gasteiger partial charge < -0.3 is 20.4 Å². The number of nitrogen functional groups attached to an aromatic ring is 1. The number of fused-ring (bicyclic) bond motifs is 3. The third kappa shape index (κ3) is 4.23. The number of hydrogen-bond donors (Lipinski definition) is 2. The summed E-state index contributed by atoms with van der Waals surface area (Å²) in [4.78, 5) is 27.1. The van der Waals surface area contributed by atoms with Gasteiger partial charge in [0, 0.05) is 24.4 Å². The minimum atomic E-state index is -0.487. The first-order chi connectivity index (χ1) is 15.8. The van der Waals surface area contributed by atoms with Crippen LogP contribution in [0.3, 0.4) is 0 Å². The topological polar surface area (TPSA) is 97.1 Å². The Hall–Kier alpha value is -3.61. The van der Waals surface area contributed by atoms with Crippen LogP contribution in [0.4, 0.5) is 10.6 Å². The summed E-state index contributed by atoms with van der Waals surface area (Å²) in [5, 5.41) is 1.00. The molecule has 5 rings (SSSR count). The first-order valence-corrected chi connectivity index (χ1v) is 11.4. The van der Waals surface area contributed by atoms with E-state index in [0.29, 0.717) is 24.4 Å². The summed E-state index contributed by atoms with van der Waals surface area (Å²) < 4.78 is 5.51. The number of aromatic nitrogens is 3. The van der Waals surface area contributed by atoms with Crippen molar-refractivity contribution in [2.24, 2.45) is 0 Å². The zero-order valence-electron chi connectivity index (χ0n) is 19.3. The molecule has 2 aromatic carbocycles. The third-order valence-corrected chi connectivity index (χ3v) is 6.11. The molecule has 7 heteroatoms. The molecule has 0 unspecified atom stereocenters. The number of imidazole rings is 1. The Balaban J connectivity index is 1.41. The number of carbonyl (C=O) groups excluding carboxylic acids is 1. The second kappa shape index (κ2) is 8.06. The van der Waals surface area contributed by atoms with Gasteiger partial charge in [0.2, 0.25) is 0 Å². The van der Waals surface area contributed by atoms with Crippen LogP contribution in [0.1, 0.15) is 45.4 Å². The van der Waals surface area contributed by atoms with E-state index in [4.69, 9.17) is 15.5 Å². The van der Waals surface area contributed by atoms with E-state index in [9.17, 15) is 4.79 Å². The molecule has 2 aromatic heterocycles. The molecule has 7 nitrogen and oxygen atoms in total. The smallest absolute Gasteiger partial charge is 0.410 e. The molecule has 1 amide bonds. The zero-order valence-corrected chi connectivity index (χ0v) is 19.3. The minimum absolute atomic E-state index is 0.231. The second-order valence-corrected chi connectivity index (χ2v) is 9.68. The van der Waals surface area contributed by atoms with Crippen molar-refractivity contribution in [3.63, 3.8) is 0 Å². The normalized spacial score (nSPS) is 15.3. The highest BCUT2D eigenvalue weighted by Crippen LogP contribution is 2.33. The number of H-pyrrole nitrogens is 1. The Labute approximate surface area is 193 Å². The van der Waals surface area contributed by atoms with E-state index in [1.165, 1.54) is 0 Å². The van der Waals surface area contributed by atoms with Crippen LogP contribution >= 0.6 is 0 Å². The van der Waals surface area contributed by atoms with Gasteiger partial charge in [-0.3, -0.25) is 0 Å². The minimum Gasteiger partial charge on any atom is -0.444 e. The number of nitrogens with one attached hydrogen (secondary N) is 1. The molecule has 1 aliphatic heterocycles. The fourth-order valence-corrected chi connectivity index (χ4v) is 4.46. The molecule has 0 aliphatic carbocycles. The lowest BCUT2D eigenvalue weighted by Gasteiger charge is -2.32. The molecule has 0 atom stereocenters. The molecule has 0 radical (unpaired) electrons. The summed E-state index contributed by atoms with van der Waals surface area (Å²) in [5.41, 5.74) is 10.5. The van der Waals surface area contributed by atoms with Crippen molar-refractivity contribution in [1.82, 2.24) is 19.9 Å². The average Bonchev–Trinajstić information content (AvgIpc) is 3.25. The summed E-state index contributed by atoms with van der Waals surface area (Å²) in [5.74, 6) is 1.56. The molecular formula is C26H29N5O2. The third-order valence-electron chi connectivity index (χ3n) is 6.11. The van der Waals surface area contributed by atoms with E-state index in [-0.39, 0.29) is 12.0 Å². The molecule has 1 saturated heterocycles. The number of likely N-dealkylation sites (tertiary alicyclic amines) is 1. The number of piperidine rings is 1. The van der Waals surface area contributed by atoms with Gasteiger partial charge >= 0.3 is 6.09 Å². The van der Waals surface area contributed by atoms with E-state index in [2.05, 4.69) is 40.3 Å². The van der Waals surface area contributed by atoms with Gasteiger partial charge in [0.25, 0.3) is 0 Å². The summed E-state index contributed by atoms with van der Waals surface area (Å²) in [6.45, 7) is 6.95. The molecule has 0 bridgehead atoms. The molecule has 1 fully saturated rings. The van der Waals surface area contributed by atoms with E-state index in [1.807, 2.05) is 39.0 Å². The summed E-state index contributed by atoms with van der Waals surface area (Å²) in [6.07, 6.45) is 1.39. The molecule has 3 N–H and O–H groups in total. The highest BCUT2D eigenvalue weighted by Gasteiger charge is 2.29. The number of pyridine rings is 1. The number of rotatable bonds is 2. The van der Waals surface area contributed by atoms with Crippen LogP contribution in [0.5, 0.6) is 0 Å². The largest absolute Gasteiger partial charge is 0.444 e. The van der Waals surface area contributed by atoms with Crippen LogP contribution in [0.15, 0.2) is 48.5 Å². The van der Waals surface area contributed by atoms with Crippen LogP contribution < -0.4 is 5.73 Å². The first-order valence-electron chi connectivity index (χ1n) is 11.4. The van der Waals surface area contributed by atoms with Crippen molar-refractivity contribution in [2.45, 2.75) is 45.1 Å². The van der Waals surface area contributed by atoms with Crippen LogP contribution in [-0.4, -0.2) is 44.6 Å². The van der Waals surface area contributed by atoms with Gasteiger partial charge in [-0.1, -0.05) is 42.5 Å². The predicted octanol–water partition coefficient (Wildman–Crippen LogP) is 5.47. The van der Waals surface area contributed by atoms with Crippen molar-refractivity contribution in [1.29, 1.82) is 0 Å². The number of nitrogens with two attached hydrogens (primary N) is 1. The van der Waals surface area contributed by atoms with Gasteiger partial charge in [-0.25, -0.2) is 14.8 Å². The fourth-order valence-electron chi connectivity index (χ4n) is 4.46. The maximum Gasteiger partial charge on any atom is 0.410 e. The van der Waals surface area contributed by atoms with E-state index < -0.39 is 5.60 Å². The van der Waals surface area contributed by atoms with Crippen molar-refractivity contribution in [3.05, 3.63) is 54.4 Å². The van der Waals surface area contributed by atoms with Gasteiger partial charge in [0.1, 0.15) is 16.9 Å². The fraction of sp³-hybridized carbons (Fsp3) is 0.346. The monoisotopic (exact) mass is 443 g/mol. The molecule has 170 valence electrons. The number of benzene rings is 2. The maximum atomic E-state index is 12.4. The average molecular weight is 444 g/mol. The van der Waals surface area contributed by atoms with Gasteiger partial charge in [0.15, 0.2) is 5.82 Å². The molecule has 1 aliphatic rings. The van der Waals surface area contributed by atoms with Crippen LogP contribution in [0.2, 0.25) is 0 Å². The molecular weight excluding hydrogens is 414 g/mol. The van der Waals surface area contributed by atoms with Crippen molar-refractivity contribution < 1.29 is 9.53 Å². The first kappa shape index (κ1) is 21.2. The highest BCUT2D eigenvalue weighted by molar-refractivity contribution is 6.07. The molecule has 3 heterocycles.